The lowest BCUT2D eigenvalue weighted by atomic mass is 9.99. The van der Waals surface area contributed by atoms with Gasteiger partial charge in [0, 0.05) is 0 Å². The minimum Gasteiger partial charge on any atom is -0.464 e. The van der Waals surface area contributed by atoms with Crippen molar-refractivity contribution >= 4 is 5.97 Å². The largest absolute Gasteiger partial charge is 0.464 e. The SMILES string of the molecule is CCOC(=O)COC1CCCCCCC1. The van der Waals surface area contributed by atoms with Crippen LogP contribution in [0.3, 0.4) is 0 Å². The van der Waals surface area contributed by atoms with Crippen LogP contribution in [0, 0.1) is 0 Å². The number of rotatable bonds is 4. The van der Waals surface area contributed by atoms with Gasteiger partial charge in [0.05, 0.1) is 12.7 Å². The van der Waals surface area contributed by atoms with Gasteiger partial charge in [0.2, 0.25) is 0 Å². The van der Waals surface area contributed by atoms with Crippen LogP contribution in [0.1, 0.15) is 51.9 Å². The number of ether oxygens (including phenoxy) is 2. The molecule has 0 aromatic heterocycles. The first kappa shape index (κ1) is 12.5. The van der Waals surface area contributed by atoms with Crippen LogP contribution in [0.2, 0.25) is 0 Å². The summed E-state index contributed by atoms with van der Waals surface area (Å²) < 4.78 is 10.4. The molecule has 0 spiro atoms. The molecule has 3 heteroatoms. The first-order valence-corrected chi connectivity index (χ1v) is 6.10. The van der Waals surface area contributed by atoms with Crippen molar-refractivity contribution < 1.29 is 14.3 Å². The van der Waals surface area contributed by atoms with Crippen LogP contribution < -0.4 is 0 Å². The molecule has 0 amide bonds. The molecule has 0 aliphatic heterocycles. The van der Waals surface area contributed by atoms with Crippen molar-refractivity contribution in [3.8, 4) is 0 Å². The molecule has 0 saturated heterocycles. The predicted molar refractivity (Wildman–Crippen MR) is 58.7 cm³/mol. The summed E-state index contributed by atoms with van der Waals surface area (Å²) in [7, 11) is 0. The van der Waals surface area contributed by atoms with E-state index in [0.29, 0.717) is 6.61 Å². The lowest BCUT2D eigenvalue weighted by Crippen LogP contribution is -2.21. The quantitative estimate of drug-likeness (QED) is 0.675. The zero-order valence-electron chi connectivity index (χ0n) is 9.67. The summed E-state index contributed by atoms with van der Waals surface area (Å²) in [5, 5.41) is 0. The summed E-state index contributed by atoms with van der Waals surface area (Å²) >= 11 is 0. The number of carbonyl (C=O) groups is 1. The van der Waals surface area contributed by atoms with Crippen LogP contribution in [0.15, 0.2) is 0 Å². The topological polar surface area (TPSA) is 35.5 Å². The van der Waals surface area contributed by atoms with Crippen LogP contribution in [0.25, 0.3) is 0 Å². The van der Waals surface area contributed by atoms with E-state index >= 15 is 0 Å². The van der Waals surface area contributed by atoms with Gasteiger partial charge >= 0.3 is 5.97 Å². The highest BCUT2D eigenvalue weighted by molar-refractivity contribution is 5.70. The molecule has 0 unspecified atom stereocenters. The van der Waals surface area contributed by atoms with Gasteiger partial charge in [0.25, 0.3) is 0 Å². The van der Waals surface area contributed by atoms with Gasteiger partial charge in [-0.2, -0.15) is 0 Å². The summed E-state index contributed by atoms with van der Waals surface area (Å²) in [5.74, 6) is -0.237. The Kier molecular flexibility index (Phi) is 6.41. The monoisotopic (exact) mass is 214 g/mol. The minimum absolute atomic E-state index is 0.124. The van der Waals surface area contributed by atoms with E-state index in [1.54, 1.807) is 0 Å². The average Bonchev–Trinajstić information content (AvgIpc) is 2.16. The van der Waals surface area contributed by atoms with Crippen LogP contribution in [-0.2, 0) is 14.3 Å². The van der Waals surface area contributed by atoms with Gasteiger partial charge in [-0.3, -0.25) is 0 Å². The maximum Gasteiger partial charge on any atom is 0.332 e. The Hall–Kier alpha value is -0.570. The first-order chi connectivity index (χ1) is 7.33. The number of hydrogen-bond acceptors (Lipinski definition) is 3. The summed E-state index contributed by atoms with van der Waals surface area (Å²) in [4.78, 5) is 11.1. The van der Waals surface area contributed by atoms with Crippen molar-refractivity contribution in [3.63, 3.8) is 0 Å². The second kappa shape index (κ2) is 7.69. The predicted octanol–water partition coefficient (Wildman–Crippen LogP) is 2.68. The normalized spacial score (nSPS) is 19.3. The van der Waals surface area contributed by atoms with E-state index in [2.05, 4.69) is 0 Å². The third-order valence-electron chi connectivity index (χ3n) is 2.79. The molecule has 88 valence electrons. The Morgan fingerprint density at radius 3 is 2.33 bits per heavy atom. The second-order valence-electron chi connectivity index (χ2n) is 4.08. The molecule has 0 radical (unpaired) electrons. The molecule has 0 N–H and O–H groups in total. The highest BCUT2D eigenvalue weighted by Crippen LogP contribution is 2.19. The van der Waals surface area contributed by atoms with Gasteiger partial charge in [0.1, 0.15) is 6.61 Å². The van der Waals surface area contributed by atoms with E-state index in [1.165, 1.54) is 32.1 Å². The van der Waals surface area contributed by atoms with Gasteiger partial charge in [-0.1, -0.05) is 32.1 Å². The van der Waals surface area contributed by atoms with Crippen molar-refractivity contribution in [1.29, 1.82) is 0 Å². The lowest BCUT2D eigenvalue weighted by Gasteiger charge is -2.19. The second-order valence-corrected chi connectivity index (χ2v) is 4.08. The fourth-order valence-electron chi connectivity index (χ4n) is 1.97. The molecular weight excluding hydrogens is 192 g/mol. The van der Waals surface area contributed by atoms with E-state index in [1.807, 2.05) is 6.92 Å². The van der Waals surface area contributed by atoms with Crippen LogP contribution >= 0.6 is 0 Å². The highest BCUT2D eigenvalue weighted by Gasteiger charge is 2.13. The zero-order chi connectivity index (χ0) is 10.9. The smallest absolute Gasteiger partial charge is 0.332 e. The van der Waals surface area contributed by atoms with E-state index < -0.39 is 0 Å². The molecular formula is C12H22O3. The van der Waals surface area contributed by atoms with Gasteiger partial charge < -0.3 is 9.47 Å². The van der Waals surface area contributed by atoms with Crippen molar-refractivity contribution in [1.82, 2.24) is 0 Å². The Balaban J connectivity index is 2.14. The standard InChI is InChI=1S/C12H22O3/c1-2-14-12(13)10-15-11-8-6-4-3-5-7-9-11/h11H,2-10H2,1H3. The molecule has 1 aliphatic carbocycles. The molecule has 1 aliphatic rings. The van der Waals surface area contributed by atoms with Gasteiger partial charge in [0.15, 0.2) is 0 Å². The Morgan fingerprint density at radius 2 is 1.73 bits per heavy atom. The number of carbonyl (C=O) groups excluding carboxylic acids is 1. The molecule has 1 rings (SSSR count). The zero-order valence-corrected chi connectivity index (χ0v) is 9.67. The summed E-state index contributed by atoms with van der Waals surface area (Å²) in [6.45, 7) is 2.37. The van der Waals surface area contributed by atoms with Crippen molar-refractivity contribution in [2.75, 3.05) is 13.2 Å². The Bertz CT molecular complexity index is 172. The molecule has 1 fully saturated rings. The molecule has 3 nitrogen and oxygen atoms in total. The molecule has 0 aromatic carbocycles. The molecule has 0 aromatic rings. The van der Waals surface area contributed by atoms with Crippen molar-refractivity contribution in [3.05, 3.63) is 0 Å². The maximum absolute atomic E-state index is 11.1. The van der Waals surface area contributed by atoms with Crippen LogP contribution in [0.5, 0.6) is 0 Å². The van der Waals surface area contributed by atoms with E-state index in [4.69, 9.17) is 9.47 Å². The van der Waals surface area contributed by atoms with Crippen molar-refractivity contribution in [2.45, 2.75) is 58.0 Å². The fraction of sp³-hybridized carbons (Fsp3) is 0.917. The van der Waals surface area contributed by atoms with Gasteiger partial charge in [-0.15, -0.1) is 0 Å². The minimum atomic E-state index is -0.237. The maximum atomic E-state index is 11.1. The number of hydrogen-bond donors (Lipinski definition) is 0. The summed E-state index contributed by atoms with van der Waals surface area (Å²) in [6, 6.07) is 0. The van der Waals surface area contributed by atoms with Crippen LogP contribution in [0.4, 0.5) is 0 Å². The van der Waals surface area contributed by atoms with Crippen LogP contribution in [-0.4, -0.2) is 25.3 Å². The van der Waals surface area contributed by atoms with Crippen molar-refractivity contribution in [2.24, 2.45) is 0 Å². The third-order valence-corrected chi connectivity index (χ3v) is 2.79. The Labute approximate surface area is 92.1 Å². The number of esters is 1. The molecule has 1 saturated carbocycles. The molecule has 0 bridgehead atoms. The highest BCUT2D eigenvalue weighted by atomic mass is 16.6. The molecule has 0 heterocycles. The summed E-state index contributed by atoms with van der Waals surface area (Å²) in [6.07, 6.45) is 8.89. The van der Waals surface area contributed by atoms with Gasteiger partial charge in [-0.25, -0.2) is 4.79 Å². The third kappa shape index (κ3) is 5.78. The summed E-state index contributed by atoms with van der Waals surface area (Å²) in [5.41, 5.74) is 0. The van der Waals surface area contributed by atoms with E-state index in [0.717, 1.165) is 12.8 Å². The fourth-order valence-corrected chi connectivity index (χ4v) is 1.97. The van der Waals surface area contributed by atoms with E-state index in [9.17, 15) is 4.79 Å². The van der Waals surface area contributed by atoms with E-state index in [-0.39, 0.29) is 18.7 Å². The van der Waals surface area contributed by atoms with Gasteiger partial charge in [-0.05, 0) is 19.8 Å². The molecule has 15 heavy (non-hydrogen) atoms. The first-order valence-electron chi connectivity index (χ1n) is 6.10. The lowest BCUT2D eigenvalue weighted by molar-refractivity contribution is -0.150. The average molecular weight is 214 g/mol. The Morgan fingerprint density at radius 1 is 1.13 bits per heavy atom. The molecule has 0 atom stereocenters.